The summed E-state index contributed by atoms with van der Waals surface area (Å²) in [6, 6.07) is 11.5. The van der Waals surface area contributed by atoms with Crippen molar-refractivity contribution >= 4 is 23.2 Å². The molecule has 0 radical (unpaired) electrons. The van der Waals surface area contributed by atoms with Gasteiger partial charge in [-0.1, -0.05) is 12.1 Å². The number of carbonyl (C=O) groups excluding carboxylic acids is 2. The number of hydrogen-bond acceptors (Lipinski definition) is 3. The Labute approximate surface area is 146 Å². The van der Waals surface area contributed by atoms with Crippen molar-refractivity contribution in [3.05, 3.63) is 59.4 Å². The maximum absolute atomic E-state index is 13.1. The highest BCUT2D eigenvalue weighted by molar-refractivity contribution is 5.94. The number of anilines is 2. The second-order valence-corrected chi connectivity index (χ2v) is 6.16. The first kappa shape index (κ1) is 18.6. The van der Waals surface area contributed by atoms with Crippen LogP contribution in [0.4, 0.5) is 15.8 Å². The monoisotopic (exact) mass is 343 g/mol. The molecule has 0 unspecified atom stereocenters. The van der Waals surface area contributed by atoms with Gasteiger partial charge in [0, 0.05) is 11.4 Å². The lowest BCUT2D eigenvalue weighted by atomic mass is 10.1. The van der Waals surface area contributed by atoms with Crippen LogP contribution in [0, 0.1) is 19.7 Å². The Balaban J connectivity index is 1.83. The second kappa shape index (κ2) is 8.39. The summed E-state index contributed by atoms with van der Waals surface area (Å²) >= 11 is 0. The van der Waals surface area contributed by atoms with Crippen LogP contribution in [-0.2, 0) is 9.59 Å². The van der Waals surface area contributed by atoms with Crippen molar-refractivity contribution < 1.29 is 14.0 Å². The molecule has 25 heavy (non-hydrogen) atoms. The predicted molar refractivity (Wildman–Crippen MR) is 97.1 cm³/mol. The van der Waals surface area contributed by atoms with Crippen LogP contribution >= 0.6 is 0 Å². The number of carbonyl (C=O) groups is 2. The summed E-state index contributed by atoms with van der Waals surface area (Å²) in [6.45, 7) is 4.03. The lowest BCUT2D eigenvalue weighted by Gasteiger charge is -2.16. The quantitative estimate of drug-likeness (QED) is 0.848. The number of aryl methyl sites for hydroxylation is 2. The maximum atomic E-state index is 13.1. The summed E-state index contributed by atoms with van der Waals surface area (Å²) in [5, 5.41) is 5.42. The summed E-state index contributed by atoms with van der Waals surface area (Å²) < 4.78 is 13.1. The number of rotatable bonds is 6. The summed E-state index contributed by atoms with van der Waals surface area (Å²) in [5.74, 6) is -0.933. The summed E-state index contributed by atoms with van der Waals surface area (Å²) in [7, 11) is 1.67. The van der Waals surface area contributed by atoms with Gasteiger partial charge in [0.15, 0.2) is 0 Å². The molecule has 0 bridgehead atoms. The number of amides is 2. The van der Waals surface area contributed by atoms with Crippen molar-refractivity contribution in [1.29, 1.82) is 0 Å². The van der Waals surface area contributed by atoms with Crippen molar-refractivity contribution in [3.8, 4) is 0 Å². The number of hydrogen-bond donors (Lipinski definition) is 2. The van der Waals surface area contributed by atoms with Gasteiger partial charge in [0.2, 0.25) is 11.8 Å². The predicted octanol–water partition coefficient (Wildman–Crippen LogP) is 2.95. The molecule has 0 aliphatic rings. The number of nitrogens with one attached hydrogen (secondary N) is 2. The fourth-order valence-electron chi connectivity index (χ4n) is 2.56. The van der Waals surface area contributed by atoms with E-state index in [1.807, 2.05) is 32.0 Å². The molecule has 2 aromatic rings. The minimum atomic E-state index is -0.418. The topological polar surface area (TPSA) is 61.4 Å². The third-order valence-electron chi connectivity index (χ3n) is 3.44. The van der Waals surface area contributed by atoms with Crippen molar-refractivity contribution in [2.45, 2.75) is 13.8 Å². The van der Waals surface area contributed by atoms with Gasteiger partial charge in [-0.05, 0) is 62.4 Å². The molecule has 2 aromatic carbocycles. The van der Waals surface area contributed by atoms with E-state index in [4.69, 9.17) is 0 Å². The summed E-state index contributed by atoms with van der Waals surface area (Å²) in [4.78, 5) is 25.6. The molecule has 0 aromatic heterocycles. The summed E-state index contributed by atoms with van der Waals surface area (Å²) in [5.41, 5.74) is 3.26. The third kappa shape index (κ3) is 6.35. The standard InChI is InChI=1S/C19H22FN3O2/c1-13-7-14(2)9-17(8-13)22-19(25)12-23(3)11-18(24)21-16-6-4-5-15(20)10-16/h4-10H,11-12H2,1-3H3,(H,21,24)(H,22,25). The largest absolute Gasteiger partial charge is 0.325 e. The van der Waals surface area contributed by atoms with E-state index in [0.717, 1.165) is 16.8 Å². The molecule has 0 atom stereocenters. The van der Waals surface area contributed by atoms with E-state index in [9.17, 15) is 14.0 Å². The SMILES string of the molecule is Cc1cc(C)cc(NC(=O)CN(C)CC(=O)Nc2cccc(F)c2)c1. The van der Waals surface area contributed by atoms with E-state index in [1.165, 1.54) is 18.2 Å². The highest BCUT2D eigenvalue weighted by atomic mass is 19.1. The average Bonchev–Trinajstić information content (AvgIpc) is 2.45. The van der Waals surface area contributed by atoms with Gasteiger partial charge in [-0.15, -0.1) is 0 Å². The highest BCUT2D eigenvalue weighted by Gasteiger charge is 2.11. The van der Waals surface area contributed by atoms with Crippen LogP contribution in [0.1, 0.15) is 11.1 Å². The zero-order valence-corrected chi connectivity index (χ0v) is 14.6. The van der Waals surface area contributed by atoms with Gasteiger partial charge in [0.25, 0.3) is 0 Å². The Morgan fingerprint density at radius 1 is 0.920 bits per heavy atom. The fraction of sp³-hybridized carbons (Fsp3) is 0.263. The molecule has 5 nitrogen and oxygen atoms in total. The Kier molecular flexibility index (Phi) is 6.25. The molecule has 6 heteroatoms. The van der Waals surface area contributed by atoms with Gasteiger partial charge in [-0.3, -0.25) is 14.5 Å². The van der Waals surface area contributed by atoms with Gasteiger partial charge >= 0.3 is 0 Å². The smallest absolute Gasteiger partial charge is 0.238 e. The normalized spacial score (nSPS) is 10.6. The molecule has 0 fully saturated rings. The van der Waals surface area contributed by atoms with E-state index in [2.05, 4.69) is 10.6 Å². The van der Waals surface area contributed by atoms with Crippen molar-refractivity contribution in [2.75, 3.05) is 30.8 Å². The summed E-state index contributed by atoms with van der Waals surface area (Å²) in [6.07, 6.45) is 0. The van der Waals surface area contributed by atoms with Crippen LogP contribution in [0.15, 0.2) is 42.5 Å². The van der Waals surface area contributed by atoms with Crippen LogP contribution < -0.4 is 10.6 Å². The Bertz CT molecular complexity index is 757. The Morgan fingerprint density at radius 2 is 1.48 bits per heavy atom. The van der Waals surface area contributed by atoms with Gasteiger partial charge in [0.1, 0.15) is 5.82 Å². The van der Waals surface area contributed by atoms with Crippen molar-refractivity contribution in [2.24, 2.45) is 0 Å². The fourth-order valence-corrected chi connectivity index (χ4v) is 2.56. The molecule has 0 saturated carbocycles. The van der Waals surface area contributed by atoms with Crippen LogP contribution in [0.25, 0.3) is 0 Å². The van der Waals surface area contributed by atoms with Crippen LogP contribution in [0.2, 0.25) is 0 Å². The first-order valence-electron chi connectivity index (χ1n) is 7.94. The van der Waals surface area contributed by atoms with Gasteiger partial charge in [-0.25, -0.2) is 4.39 Å². The van der Waals surface area contributed by atoms with Crippen molar-refractivity contribution in [3.63, 3.8) is 0 Å². The molecule has 2 rings (SSSR count). The zero-order valence-electron chi connectivity index (χ0n) is 14.6. The molecular weight excluding hydrogens is 321 g/mol. The van der Waals surface area contributed by atoms with E-state index in [1.54, 1.807) is 18.0 Å². The first-order valence-corrected chi connectivity index (χ1v) is 7.94. The third-order valence-corrected chi connectivity index (χ3v) is 3.44. The second-order valence-electron chi connectivity index (χ2n) is 6.16. The molecule has 2 N–H and O–H groups in total. The van der Waals surface area contributed by atoms with E-state index in [-0.39, 0.29) is 24.9 Å². The minimum Gasteiger partial charge on any atom is -0.325 e. The first-order chi connectivity index (χ1) is 11.8. The van der Waals surface area contributed by atoms with Crippen LogP contribution in [0.5, 0.6) is 0 Å². The molecule has 2 amide bonds. The lowest BCUT2D eigenvalue weighted by molar-refractivity contribution is -0.119. The number of nitrogens with zero attached hydrogens (tertiary/aromatic N) is 1. The zero-order chi connectivity index (χ0) is 18.4. The van der Waals surface area contributed by atoms with Gasteiger partial charge in [-0.2, -0.15) is 0 Å². The number of likely N-dealkylation sites (N-methyl/N-ethyl adjacent to an activating group) is 1. The van der Waals surface area contributed by atoms with E-state index >= 15 is 0 Å². The average molecular weight is 343 g/mol. The number of halogens is 1. The minimum absolute atomic E-state index is 0.0246. The molecule has 0 aliphatic carbocycles. The maximum Gasteiger partial charge on any atom is 0.238 e. The molecule has 132 valence electrons. The van der Waals surface area contributed by atoms with Crippen LogP contribution in [0.3, 0.4) is 0 Å². The van der Waals surface area contributed by atoms with E-state index in [0.29, 0.717) is 5.69 Å². The van der Waals surface area contributed by atoms with Gasteiger partial charge in [0.05, 0.1) is 13.1 Å². The molecule has 0 aliphatic heterocycles. The number of benzene rings is 2. The molecule has 0 saturated heterocycles. The lowest BCUT2D eigenvalue weighted by Crippen LogP contribution is -2.36. The molecule has 0 heterocycles. The van der Waals surface area contributed by atoms with Gasteiger partial charge < -0.3 is 10.6 Å². The van der Waals surface area contributed by atoms with Crippen LogP contribution in [-0.4, -0.2) is 36.9 Å². The van der Waals surface area contributed by atoms with Crippen molar-refractivity contribution in [1.82, 2.24) is 4.90 Å². The Morgan fingerprint density at radius 3 is 2.04 bits per heavy atom. The molecular formula is C19H22FN3O2. The Hall–Kier alpha value is -2.73. The molecule has 0 spiro atoms. The highest BCUT2D eigenvalue weighted by Crippen LogP contribution is 2.13. The van der Waals surface area contributed by atoms with E-state index < -0.39 is 5.82 Å².